The summed E-state index contributed by atoms with van der Waals surface area (Å²) in [7, 11) is 0. The minimum Gasteiger partial charge on any atom is -0.367 e. The van der Waals surface area contributed by atoms with E-state index in [9.17, 15) is 0 Å². The Bertz CT molecular complexity index is 1040. The van der Waals surface area contributed by atoms with Gasteiger partial charge in [-0.05, 0) is 58.6 Å². The number of benzene rings is 2. The van der Waals surface area contributed by atoms with E-state index < -0.39 is 0 Å². The molecule has 1 N–H and O–H groups in total. The molecular weight excluding hydrogens is 404 g/mol. The van der Waals surface area contributed by atoms with Gasteiger partial charge in [-0.15, -0.1) is 5.10 Å². The maximum Gasteiger partial charge on any atom is 0.182 e. The second kappa shape index (κ2) is 9.94. The van der Waals surface area contributed by atoms with E-state index in [1.54, 1.807) is 0 Å². The van der Waals surface area contributed by atoms with Gasteiger partial charge in [-0.3, -0.25) is 0 Å². The summed E-state index contributed by atoms with van der Waals surface area (Å²) in [4.78, 5) is 7.10. The number of anilines is 1. The van der Waals surface area contributed by atoms with Crippen molar-refractivity contribution in [1.29, 1.82) is 0 Å². The van der Waals surface area contributed by atoms with Crippen molar-refractivity contribution in [3.05, 3.63) is 42.5 Å². The van der Waals surface area contributed by atoms with Gasteiger partial charge in [0.15, 0.2) is 5.82 Å². The quantitative estimate of drug-likeness (QED) is 0.363. The third-order valence-electron chi connectivity index (χ3n) is 5.87. The second-order valence-electron chi connectivity index (χ2n) is 8.51. The van der Waals surface area contributed by atoms with Crippen LogP contribution >= 0.6 is 12.2 Å². The van der Waals surface area contributed by atoms with Crippen molar-refractivity contribution in [2.45, 2.75) is 52.0 Å². The molecular formula is C24H28N6S. The first-order valence-electron chi connectivity index (χ1n) is 11.0. The Morgan fingerprint density at radius 1 is 1.13 bits per heavy atom. The highest BCUT2D eigenvalue weighted by atomic mass is 32.1. The maximum absolute atomic E-state index is 5.08. The second-order valence-corrected chi connectivity index (χ2v) is 8.70. The van der Waals surface area contributed by atoms with Crippen LogP contribution in [0.15, 0.2) is 47.5 Å². The van der Waals surface area contributed by atoms with Crippen molar-refractivity contribution in [1.82, 2.24) is 20.6 Å². The molecule has 0 spiro atoms. The van der Waals surface area contributed by atoms with Crippen molar-refractivity contribution in [3.8, 4) is 22.5 Å². The standard InChI is InChI=1S/C24H28N6S/c1-17(2)15-30(19-11-7-4-8-12-19)21-14-13-20(18-9-5-3-6-10-18)22(23(21)25-16-31)24-26-28-29-27-24/h3,5-6,9-10,13-14,17,19H,4,7-8,11-12,15H2,1-2H3,(H,26,27,28,29). The molecule has 31 heavy (non-hydrogen) atoms. The van der Waals surface area contributed by atoms with Crippen molar-refractivity contribution >= 4 is 28.8 Å². The molecule has 1 aromatic heterocycles. The Hall–Kier alpha value is -2.89. The Morgan fingerprint density at radius 3 is 2.55 bits per heavy atom. The van der Waals surface area contributed by atoms with Crippen LogP contribution in [0.25, 0.3) is 22.5 Å². The van der Waals surface area contributed by atoms with E-state index in [4.69, 9.17) is 12.2 Å². The summed E-state index contributed by atoms with van der Waals surface area (Å²) in [6, 6.07) is 15.1. The van der Waals surface area contributed by atoms with Gasteiger partial charge in [0.05, 0.1) is 16.4 Å². The fraction of sp³-hybridized carbons (Fsp3) is 0.417. The average Bonchev–Trinajstić information content (AvgIpc) is 3.33. The largest absolute Gasteiger partial charge is 0.367 e. The first-order valence-corrected chi connectivity index (χ1v) is 11.4. The van der Waals surface area contributed by atoms with Crippen LogP contribution in [-0.4, -0.2) is 38.4 Å². The Balaban J connectivity index is 1.94. The van der Waals surface area contributed by atoms with Gasteiger partial charge in [-0.2, -0.15) is 4.99 Å². The molecule has 6 nitrogen and oxygen atoms in total. The molecule has 0 saturated heterocycles. The molecule has 1 saturated carbocycles. The lowest BCUT2D eigenvalue weighted by atomic mass is 9.91. The van der Waals surface area contributed by atoms with Gasteiger partial charge in [-0.25, -0.2) is 5.10 Å². The van der Waals surface area contributed by atoms with Crippen LogP contribution in [0.1, 0.15) is 46.0 Å². The highest BCUT2D eigenvalue weighted by Crippen LogP contribution is 2.45. The smallest absolute Gasteiger partial charge is 0.182 e. The van der Waals surface area contributed by atoms with Crippen molar-refractivity contribution < 1.29 is 0 Å². The zero-order valence-electron chi connectivity index (χ0n) is 18.1. The van der Waals surface area contributed by atoms with E-state index in [0.717, 1.165) is 34.6 Å². The lowest BCUT2D eigenvalue weighted by molar-refractivity contribution is 0.401. The molecule has 0 aliphatic heterocycles. The van der Waals surface area contributed by atoms with Crippen LogP contribution in [0.2, 0.25) is 0 Å². The van der Waals surface area contributed by atoms with Crippen LogP contribution in [0.4, 0.5) is 11.4 Å². The predicted molar refractivity (Wildman–Crippen MR) is 129 cm³/mol. The minimum atomic E-state index is 0.499. The van der Waals surface area contributed by atoms with Crippen LogP contribution in [-0.2, 0) is 0 Å². The van der Waals surface area contributed by atoms with Gasteiger partial charge in [0.2, 0.25) is 0 Å². The molecule has 7 heteroatoms. The van der Waals surface area contributed by atoms with Crippen LogP contribution in [0, 0.1) is 5.92 Å². The summed E-state index contributed by atoms with van der Waals surface area (Å²) in [6.07, 6.45) is 6.26. The van der Waals surface area contributed by atoms with Gasteiger partial charge < -0.3 is 4.90 Å². The number of H-pyrrole nitrogens is 1. The van der Waals surface area contributed by atoms with E-state index >= 15 is 0 Å². The summed E-state index contributed by atoms with van der Waals surface area (Å²) < 4.78 is 0. The number of hydrogen-bond acceptors (Lipinski definition) is 6. The van der Waals surface area contributed by atoms with Gasteiger partial charge in [-0.1, -0.05) is 69.5 Å². The molecule has 0 amide bonds. The lowest BCUT2D eigenvalue weighted by Gasteiger charge is -2.38. The highest BCUT2D eigenvalue weighted by Gasteiger charge is 2.27. The number of nitrogens with one attached hydrogen (secondary N) is 1. The molecule has 0 atom stereocenters. The summed E-state index contributed by atoms with van der Waals surface area (Å²) in [6.45, 7) is 5.48. The van der Waals surface area contributed by atoms with E-state index in [2.05, 4.69) is 73.8 Å². The van der Waals surface area contributed by atoms with E-state index in [1.807, 2.05) is 18.2 Å². The molecule has 4 rings (SSSR count). The first-order chi connectivity index (χ1) is 15.2. The molecule has 160 valence electrons. The summed E-state index contributed by atoms with van der Waals surface area (Å²) >= 11 is 5.08. The van der Waals surface area contributed by atoms with Crippen LogP contribution < -0.4 is 4.90 Å². The van der Waals surface area contributed by atoms with Gasteiger partial charge in [0.25, 0.3) is 0 Å². The Kier molecular flexibility index (Phi) is 6.85. The molecule has 0 bridgehead atoms. The number of isothiocyanates is 1. The zero-order chi connectivity index (χ0) is 21.6. The van der Waals surface area contributed by atoms with Gasteiger partial charge in [0, 0.05) is 12.6 Å². The number of tetrazole rings is 1. The summed E-state index contributed by atoms with van der Waals surface area (Å²) in [5.74, 6) is 1.10. The molecule has 3 aromatic rings. The molecule has 0 unspecified atom stereocenters. The highest BCUT2D eigenvalue weighted by molar-refractivity contribution is 7.78. The third-order valence-corrected chi connectivity index (χ3v) is 5.96. The molecule has 1 heterocycles. The minimum absolute atomic E-state index is 0.499. The Morgan fingerprint density at radius 2 is 1.90 bits per heavy atom. The third kappa shape index (κ3) is 4.73. The Labute approximate surface area is 188 Å². The number of aromatic amines is 1. The monoisotopic (exact) mass is 432 g/mol. The fourth-order valence-corrected chi connectivity index (χ4v) is 4.66. The number of aliphatic imine (C=N–C) groups is 1. The lowest BCUT2D eigenvalue weighted by Crippen LogP contribution is -2.39. The predicted octanol–water partition coefficient (Wildman–Crippen LogP) is 6.06. The molecule has 2 aromatic carbocycles. The number of aromatic nitrogens is 4. The average molecular weight is 433 g/mol. The van der Waals surface area contributed by atoms with Gasteiger partial charge in [0.1, 0.15) is 5.69 Å². The number of rotatable bonds is 7. The molecule has 0 radical (unpaired) electrons. The van der Waals surface area contributed by atoms with Crippen molar-refractivity contribution in [2.24, 2.45) is 10.9 Å². The number of nitrogens with zero attached hydrogens (tertiary/aromatic N) is 5. The molecule has 1 aliphatic carbocycles. The van der Waals surface area contributed by atoms with Crippen molar-refractivity contribution in [2.75, 3.05) is 11.4 Å². The van der Waals surface area contributed by atoms with E-state index in [1.165, 1.54) is 32.1 Å². The summed E-state index contributed by atoms with van der Waals surface area (Å²) in [5.41, 5.74) is 4.80. The fourth-order valence-electron chi connectivity index (χ4n) is 4.56. The van der Waals surface area contributed by atoms with Crippen LogP contribution in [0.3, 0.4) is 0 Å². The van der Waals surface area contributed by atoms with Crippen LogP contribution in [0.5, 0.6) is 0 Å². The molecule has 1 aliphatic rings. The SMILES string of the molecule is CC(C)CN(c1ccc(-c2ccccc2)c(-c2nnn[nH]2)c1N=C=S)C1CCCCC1. The van der Waals surface area contributed by atoms with Gasteiger partial charge >= 0.3 is 0 Å². The topological polar surface area (TPSA) is 70.1 Å². The number of hydrogen-bond donors (Lipinski definition) is 1. The van der Waals surface area contributed by atoms with Crippen molar-refractivity contribution in [3.63, 3.8) is 0 Å². The maximum atomic E-state index is 5.08. The molecule has 1 fully saturated rings. The normalized spacial score (nSPS) is 14.4. The summed E-state index contributed by atoms with van der Waals surface area (Å²) in [5, 5.41) is 17.4. The first kappa shape index (κ1) is 21.3. The van der Waals surface area contributed by atoms with E-state index in [-0.39, 0.29) is 0 Å². The number of thiocarbonyl (C=S) groups is 1. The van der Waals surface area contributed by atoms with E-state index in [0.29, 0.717) is 17.8 Å². The zero-order valence-corrected chi connectivity index (χ0v) is 18.9.